The second kappa shape index (κ2) is 7.75. The fourth-order valence-electron chi connectivity index (χ4n) is 3.38. The van der Waals surface area contributed by atoms with E-state index in [1.54, 1.807) is 31.2 Å². The number of fused-ring (bicyclic) bond motifs is 1. The lowest BCUT2D eigenvalue weighted by Crippen LogP contribution is -2.37. The molecule has 2 N–H and O–H groups in total. The minimum Gasteiger partial charge on any atom is -0.341 e. The second-order valence-electron chi connectivity index (χ2n) is 7.11. The van der Waals surface area contributed by atoms with E-state index in [0.717, 1.165) is 5.56 Å². The van der Waals surface area contributed by atoms with Gasteiger partial charge in [-0.05, 0) is 24.6 Å². The van der Waals surface area contributed by atoms with E-state index >= 15 is 0 Å². The summed E-state index contributed by atoms with van der Waals surface area (Å²) in [4.78, 5) is 25.1. The summed E-state index contributed by atoms with van der Waals surface area (Å²) in [5.74, 6) is -1.93. The molecule has 0 bridgehead atoms. The summed E-state index contributed by atoms with van der Waals surface area (Å²) < 4.78 is 25.5. The fraction of sp³-hybridized carbons (Fsp3) is 0.190. The number of para-hydroxylation sites is 1. The molecule has 1 atom stereocenters. The van der Waals surface area contributed by atoms with Crippen molar-refractivity contribution in [2.24, 2.45) is 0 Å². The van der Waals surface area contributed by atoms with Crippen LogP contribution in [-0.4, -0.2) is 30.0 Å². The lowest BCUT2D eigenvalue weighted by atomic mass is 10.1. The van der Waals surface area contributed by atoms with Gasteiger partial charge in [-0.15, -0.1) is 0 Å². The van der Waals surface area contributed by atoms with Crippen LogP contribution in [0.4, 0.5) is 5.82 Å². The van der Waals surface area contributed by atoms with Crippen LogP contribution in [-0.2, 0) is 30.9 Å². The second-order valence-corrected chi connectivity index (χ2v) is 9.18. The Bertz CT molecular complexity index is 1200. The zero-order chi connectivity index (χ0) is 21.3. The number of carbonyl (C=O) groups is 2. The van der Waals surface area contributed by atoms with Crippen LogP contribution in [0.25, 0.3) is 5.69 Å². The Kier molecular flexibility index (Phi) is 5.13. The monoisotopic (exact) mass is 424 g/mol. The topological polar surface area (TPSA) is 110 Å². The zero-order valence-electron chi connectivity index (χ0n) is 16.2. The van der Waals surface area contributed by atoms with Crippen LogP contribution in [0.15, 0.2) is 60.7 Å². The van der Waals surface area contributed by atoms with E-state index in [4.69, 9.17) is 0 Å². The summed E-state index contributed by atoms with van der Waals surface area (Å²) >= 11 is 0. The summed E-state index contributed by atoms with van der Waals surface area (Å²) in [7, 11) is -3.32. The first-order valence-electron chi connectivity index (χ1n) is 9.37. The third-order valence-electron chi connectivity index (χ3n) is 4.87. The molecule has 1 aliphatic rings. The van der Waals surface area contributed by atoms with E-state index in [1.165, 1.54) is 4.68 Å². The van der Waals surface area contributed by atoms with E-state index in [9.17, 15) is 18.0 Å². The van der Waals surface area contributed by atoms with Gasteiger partial charge in [0.2, 0.25) is 0 Å². The predicted molar refractivity (Wildman–Crippen MR) is 112 cm³/mol. The van der Waals surface area contributed by atoms with Gasteiger partial charge in [0.15, 0.2) is 9.84 Å². The molecule has 8 nitrogen and oxygen atoms in total. The lowest BCUT2D eigenvalue weighted by Gasteiger charge is -2.15. The van der Waals surface area contributed by atoms with E-state index in [1.807, 2.05) is 36.4 Å². The van der Waals surface area contributed by atoms with Gasteiger partial charge in [-0.2, -0.15) is 5.10 Å². The Morgan fingerprint density at radius 2 is 1.60 bits per heavy atom. The number of hydrogen-bond acceptors (Lipinski definition) is 5. The van der Waals surface area contributed by atoms with E-state index in [2.05, 4.69) is 15.7 Å². The molecule has 0 spiro atoms. The van der Waals surface area contributed by atoms with Gasteiger partial charge < -0.3 is 10.6 Å². The minimum absolute atomic E-state index is 0.192. The summed E-state index contributed by atoms with van der Waals surface area (Å²) in [6.45, 7) is 1.78. The van der Waals surface area contributed by atoms with Crippen molar-refractivity contribution in [3.63, 3.8) is 0 Å². The van der Waals surface area contributed by atoms with Gasteiger partial charge in [-0.3, -0.25) is 9.59 Å². The predicted octanol–water partition coefficient (Wildman–Crippen LogP) is 2.12. The number of anilines is 1. The standard InChI is InChI=1S/C21H20N4O4S/c1-14(15-8-4-2-5-9-15)22-20(26)21(27)23-19-17-12-30(28,29)13-18(17)24-25(19)16-10-6-3-7-11-16/h2-11,14H,12-13H2,1H3,(H,22,26)(H,23,27). The average Bonchev–Trinajstić information content (AvgIpc) is 3.21. The van der Waals surface area contributed by atoms with Crippen molar-refractivity contribution in [2.75, 3.05) is 5.32 Å². The Balaban J connectivity index is 1.59. The Hall–Kier alpha value is -3.46. The maximum Gasteiger partial charge on any atom is 0.314 e. The number of nitrogens with one attached hydrogen (secondary N) is 2. The highest BCUT2D eigenvalue weighted by atomic mass is 32.2. The third kappa shape index (κ3) is 3.97. The zero-order valence-corrected chi connectivity index (χ0v) is 17.0. The quantitative estimate of drug-likeness (QED) is 0.624. The van der Waals surface area contributed by atoms with Gasteiger partial charge >= 0.3 is 11.8 Å². The van der Waals surface area contributed by atoms with Gasteiger partial charge in [0.05, 0.1) is 28.9 Å². The summed E-state index contributed by atoms with van der Waals surface area (Å²) in [6.07, 6.45) is 0. The SMILES string of the molecule is CC(NC(=O)C(=O)Nc1c2c(nn1-c1ccccc1)CS(=O)(=O)C2)c1ccccc1. The summed E-state index contributed by atoms with van der Waals surface area (Å²) in [5, 5.41) is 9.59. The maximum absolute atomic E-state index is 12.6. The number of carbonyl (C=O) groups excluding carboxylic acids is 2. The van der Waals surface area contributed by atoms with E-state index in [-0.39, 0.29) is 23.4 Å². The molecule has 2 heterocycles. The average molecular weight is 424 g/mol. The molecule has 3 aromatic rings. The molecule has 30 heavy (non-hydrogen) atoms. The van der Waals surface area contributed by atoms with Gasteiger partial charge in [0.25, 0.3) is 0 Å². The normalized spacial score (nSPS) is 15.2. The Morgan fingerprint density at radius 1 is 0.967 bits per heavy atom. The van der Waals surface area contributed by atoms with Crippen molar-refractivity contribution in [1.29, 1.82) is 0 Å². The first-order chi connectivity index (χ1) is 14.3. The number of hydrogen-bond donors (Lipinski definition) is 2. The molecule has 0 radical (unpaired) electrons. The molecule has 0 saturated heterocycles. The molecule has 0 aliphatic carbocycles. The molecule has 154 valence electrons. The van der Waals surface area contributed by atoms with E-state index < -0.39 is 21.7 Å². The van der Waals surface area contributed by atoms with Crippen LogP contribution in [0.5, 0.6) is 0 Å². The highest BCUT2D eigenvalue weighted by Gasteiger charge is 2.34. The molecule has 2 aromatic carbocycles. The van der Waals surface area contributed by atoms with Crippen LogP contribution in [0.3, 0.4) is 0 Å². The molecular formula is C21H20N4O4S. The Labute approximate surface area is 173 Å². The summed E-state index contributed by atoms with van der Waals surface area (Å²) in [5.41, 5.74) is 2.31. The van der Waals surface area contributed by atoms with Crippen LogP contribution >= 0.6 is 0 Å². The van der Waals surface area contributed by atoms with Crippen molar-refractivity contribution in [3.8, 4) is 5.69 Å². The van der Waals surface area contributed by atoms with Crippen LogP contribution in [0, 0.1) is 0 Å². The largest absolute Gasteiger partial charge is 0.341 e. The highest BCUT2D eigenvalue weighted by molar-refractivity contribution is 7.90. The molecule has 1 unspecified atom stereocenters. The third-order valence-corrected chi connectivity index (χ3v) is 6.32. The molecule has 1 aromatic heterocycles. The van der Waals surface area contributed by atoms with Crippen molar-refractivity contribution in [3.05, 3.63) is 77.5 Å². The molecule has 0 saturated carbocycles. The first-order valence-corrected chi connectivity index (χ1v) is 11.2. The maximum atomic E-state index is 12.6. The number of benzene rings is 2. The molecule has 9 heteroatoms. The molecular weight excluding hydrogens is 404 g/mol. The molecule has 0 fully saturated rings. The van der Waals surface area contributed by atoms with Gasteiger partial charge in [-0.1, -0.05) is 48.5 Å². The summed E-state index contributed by atoms with van der Waals surface area (Å²) in [6, 6.07) is 17.9. The van der Waals surface area contributed by atoms with Crippen LogP contribution < -0.4 is 10.6 Å². The lowest BCUT2D eigenvalue weighted by molar-refractivity contribution is -0.136. The van der Waals surface area contributed by atoms with Gasteiger partial charge in [0.1, 0.15) is 5.82 Å². The van der Waals surface area contributed by atoms with Crippen molar-refractivity contribution >= 4 is 27.5 Å². The Morgan fingerprint density at radius 3 is 2.27 bits per heavy atom. The molecule has 1 aliphatic heterocycles. The number of amides is 2. The van der Waals surface area contributed by atoms with Crippen LogP contribution in [0.2, 0.25) is 0 Å². The molecule has 4 rings (SSSR count). The smallest absolute Gasteiger partial charge is 0.314 e. The van der Waals surface area contributed by atoms with Crippen LogP contribution in [0.1, 0.15) is 29.8 Å². The van der Waals surface area contributed by atoms with Gasteiger partial charge in [0, 0.05) is 5.56 Å². The number of sulfone groups is 1. The highest BCUT2D eigenvalue weighted by Crippen LogP contribution is 2.32. The fourth-order valence-corrected chi connectivity index (χ4v) is 4.87. The van der Waals surface area contributed by atoms with E-state index in [0.29, 0.717) is 16.9 Å². The van der Waals surface area contributed by atoms with Crippen molar-refractivity contribution in [2.45, 2.75) is 24.5 Å². The number of aromatic nitrogens is 2. The minimum atomic E-state index is -3.32. The number of rotatable bonds is 4. The van der Waals surface area contributed by atoms with Gasteiger partial charge in [-0.25, -0.2) is 13.1 Å². The van der Waals surface area contributed by atoms with Crippen molar-refractivity contribution < 1.29 is 18.0 Å². The molecule has 2 amide bonds. The number of nitrogens with zero attached hydrogens (tertiary/aromatic N) is 2. The first kappa shape index (κ1) is 19.8. The van der Waals surface area contributed by atoms with Crippen molar-refractivity contribution in [1.82, 2.24) is 15.1 Å².